The van der Waals surface area contributed by atoms with Crippen LogP contribution >= 0.6 is 11.3 Å². The lowest BCUT2D eigenvalue weighted by Gasteiger charge is -2.21. The van der Waals surface area contributed by atoms with E-state index in [1.54, 1.807) is 18.4 Å². The second-order valence-corrected chi connectivity index (χ2v) is 6.39. The first-order chi connectivity index (χ1) is 8.81. The number of nitrogens with two attached hydrogens (primary N) is 1. The van der Waals surface area contributed by atoms with Crippen LogP contribution in [-0.2, 0) is 17.9 Å². The first-order valence-electron chi connectivity index (χ1n) is 6.76. The van der Waals surface area contributed by atoms with Gasteiger partial charge in [-0.15, -0.1) is 11.3 Å². The van der Waals surface area contributed by atoms with Gasteiger partial charge in [0.15, 0.2) is 5.13 Å². The molecule has 100 valence electrons. The van der Waals surface area contributed by atoms with Crippen LogP contribution in [0.3, 0.4) is 0 Å². The summed E-state index contributed by atoms with van der Waals surface area (Å²) >= 11 is 1.76. The van der Waals surface area contributed by atoms with Crippen molar-refractivity contribution >= 4 is 16.5 Å². The highest BCUT2D eigenvalue weighted by Gasteiger charge is 2.35. The van der Waals surface area contributed by atoms with Crippen LogP contribution in [-0.4, -0.2) is 24.7 Å². The number of anilines is 1. The maximum atomic E-state index is 5.80. The summed E-state index contributed by atoms with van der Waals surface area (Å²) < 4.78 is 5.20. The van der Waals surface area contributed by atoms with Crippen molar-refractivity contribution in [2.24, 2.45) is 11.7 Å². The number of thiazole rings is 1. The van der Waals surface area contributed by atoms with E-state index in [1.807, 2.05) is 0 Å². The Balaban J connectivity index is 1.78. The van der Waals surface area contributed by atoms with Crippen LogP contribution in [0, 0.1) is 5.92 Å². The van der Waals surface area contributed by atoms with Crippen LogP contribution in [0.5, 0.6) is 0 Å². The van der Waals surface area contributed by atoms with Crippen LogP contribution in [0.25, 0.3) is 0 Å². The molecule has 0 amide bonds. The van der Waals surface area contributed by atoms with E-state index < -0.39 is 0 Å². The molecule has 1 aromatic heterocycles. The summed E-state index contributed by atoms with van der Waals surface area (Å²) in [6.45, 7) is 2.33. The average molecular weight is 267 g/mol. The van der Waals surface area contributed by atoms with E-state index in [-0.39, 0.29) is 0 Å². The minimum atomic E-state index is 0.568. The van der Waals surface area contributed by atoms with Gasteiger partial charge in [0.05, 0.1) is 12.3 Å². The van der Waals surface area contributed by atoms with E-state index in [0.717, 1.165) is 22.8 Å². The topological polar surface area (TPSA) is 51.4 Å². The van der Waals surface area contributed by atoms with Gasteiger partial charge in [-0.05, 0) is 31.6 Å². The second kappa shape index (κ2) is 5.15. The van der Waals surface area contributed by atoms with Gasteiger partial charge >= 0.3 is 0 Å². The number of methoxy groups -OCH3 is 1. The van der Waals surface area contributed by atoms with Crippen molar-refractivity contribution in [2.45, 2.75) is 44.9 Å². The van der Waals surface area contributed by atoms with Crippen molar-refractivity contribution in [3.05, 3.63) is 10.6 Å². The zero-order valence-electron chi connectivity index (χ0n) is 10.9. The van der Waals surface area contributed by atoms with E-state index in [2.05, 4.69) is 4.90 Å². The molecule has 0 atom stereocenters. The number of aromatic nitrogens is 1. The Morgan fingerprint density at radius 3 is 2.72 bits per heavy atom. The molecule has 0 radical (unpaired) electrons. The molecule has 0 unspecified atom stereocenters. The van der Waals surface area contributed by atoms with Gasteiger partial charge in [-0.25, -0.2) is 4.98 Å². The molecule has 0 aliphatic heterocycles. The molecule has 2 fully saturated rings. The molecule has 2 saturated carbocycles. The number of nitrogens with zero attached hydrogens (tertiary/aromatic N) is 2. The van der Waals surface area contributed by atoms with Crippen molar-refractivity contribution in [3.63, 3.8) is 0 Å². The number of ether oxygens (including phenoxy) is 1. The molecule has 2 aliphatic carbocycles. The van der Waals surface area contributed by atoms with E-state index in [4.69, 9.17) is 15.5 Å². The second-order valence-electron chi connectivity index (χ2n) is 5.33. The van der Waals surface area contributed by atoms with E-state index >= 15 is 0 Å². The monoisotopic (exact) mass is 267 g/mol. The van der Waals surface area contributed by atoms with Crippen molar-refractivity contribution in [3.8, 4) is 0 Å². The highest BCUT2D eigenvalue weighted by molar-refractivity contribution is 7.15. The molecule has 1 aromatic rings. The molecular formula is C13H21N3OS. The molecule has 0 spiro atoms. The number of rotatable bonds is 7. The van der Waals surface area contributed by atoms with Gasteiger partial charge in [0, 0.05) is 31.1 Å². The molecule has 4 nitrogen and oxygen atoms in total. The Hall–Kier alpha value is -0.650. The standard InChI is InChI=1S/C13H21N3OS/c1-17-8-11-12(6-14)18-13(15-11)16(10-4-5-10)7-9-2-3-9/h9-10H,2-8,14H2,1H3. The molecule has 0 aromatic carbocycles. The maximum Gasteiger partial charge on any atom is 0.186 e. The minimum absolute atomic E-state index is 0.568. The predicted molar refractivity (Wildman–Crippen MR) is 73.8 cm³/mol. The van der Waals surface area contributed by atoms with Gasteiger partial charge in [-0.2, -0.15) is 0 Å². The van der Waals surface area contributed by atoms with Crippen molar-refractivity contribution in [1.82, 2.24) is 4.98 Å². The Morgan fingerprint density at radius 1 is 1.39 bits per heavy atom. The van der Waals surface area contributed by atoms with Gasteiger partial charge in [-0.1, -0.05) is 0 Å². The fourth-order valence-corrected chi connectivity index (χ4v) is 3.27. The molecule has 3 rings (SSSR count). The third kappa shape index (κ3) is 2.68. The molecule has 0 saturated heterocycles. The normalized spacial score (nSPS) is 19.2. The lowest BCUT2D eigenvalue weighted by Crippen LogP contribution is -2.27. The summed E-state index contributed by atoms with van der Waals surface area (Å²) in [5, 5.41) is 1.16. The fourth-order valence-electron chi connectivity index (χ4n) is 2.25. The fraction of sp³-hybridized carbons (Fsp3) is 0.769. The summed E-state index contributed by atoms with van der Waals surface area (Å²) in [5.74, 6) is 0.904. The summed E-state index contributed by atoms with van der Waals surface area (Å²) in [5.41, 5.74) is 6.83. The maximum absolute atomic E-state index is 5.80. The van der Waals surface area contributed by atoms with E-state index in [1.165, 1.54) is 37.1 Å². The third-order valence-corrected chi connectivity index (χ3v) is 4.78. The Kier molecular flexibility index (Phi) is 3.54. The third-order valence-electron chi connectivity index (χ3n) is 3.62. The molecule has 5 heteroatoms. The smallest absolute Gasteiger partial charge is 0.186 e. The minimum Gasteiger partial charge on any atom is -0.378 e. The van der Waals surface area contributed by atoms with E-state index in [9.17, 15) is 0 Å². The highest BCUT2D eigenvalue weighted by atomic mass is 32.1. The SMILES string of the molecule is COCc1nc(N(CC2CC2)C2CC2)sc1CN. The number of hydrogen-bond acceptors (Lipinski definition) is 5. The molecule has 2 N–H and O–H groups in total. The first-order valence-corrected chi connectivity index (χ1v) is 7.57. The lowest BCUT2D eigenvalue weighted by atomic mass is 10.3. The van der Waals surface area contributed by atoms with Crippen molar-refractivity contribution in [2.75, 3.05) is 18.6 Å². The molecular weight excluding hydrogens is 246 g/mol. The molecule has 2 aliphatic rings. The molecule has 18 heavy (non-hydrogen) atoms. The zero-order valence-corrected chi connectivity index (χ0v) is 11.7. The Labute approximate surface area is 112 Å². The van der Waals surface area contributed by atoms with Crippen LogP contribution in [0.2, 0.25) is 0 Å². The molecule has 1 heterocycles. The Bertz CT molecular complexity index is 412. The van der Waals surface area contributed by atoms with Crippen LogP contribution in [0.1, 0.15) is 36.3 Å². The summed E-state index contributed by atoms with van der Waals surface area (Å²) in [6.07, 6.45) is 5.43. The summed E-state index contributed by atoms with van der Waals surface area (Å²) in [7, 11) is 1.71. The predicted octanol–water partition coefficient (Wildman–Crippen LogP) is 2.13. The van der Waals surface area contributed by atoms with Gasteiger partial charge in [-0.3, -0.25) is 0 Å². The van der Waals surface area contributed by atoms with Crippen LogP contribution < -0.4 is 10.6 Å². The number of hydrogen-bond donors (Lipinski definition) is 1. The van der Waals surface area contributed by atoms with Gasteiger partial charge < -0.3 is 15.4 Å². The van der Waals surface area contributed by atoms with Crippen LogP contribution in [0.4, 0.5) is 5.13 Å². The summed E-state index contributed by atoms with van der Waals surface area (Å²) in [6, 6.07) is 0.734. The van der Waals surface area contributed by atoms with Gasteiger partial charge in [0.1, 0.15) is 0 Å². The zero-order chi connectivity index (χ0) is 12.5. The van der Waals surface area contributed by atoms with E-state index in [0.29, 0.717) is 13.2 Å². The molecule has 0 bridgehead atoms. The quantitative estimate of drug-likeness (QED) is 0.822. The van der Waals surface area contributed by atoms with Gasteiger partial charge in [0.25, 0.3) is 0 Å². The first kappa shape index (κ1) is 12.4. The summed E-state index contributed by atoms with van der Waals surface area (Å²) in [4.78, 5) is 8.44. The lowest BCUT2D eigenvalue weighted by molar-refractivity contribution is 0.181. The largest absolute Gasteiger partial charge is 0.378 e. The van der Waals surface area contributed by atoms with Crippen LogP contribution in [0.15, 0.2) is 0 Å². The average Bonchev–Trinajstić information content (AvgIpc) is 3.25. The van der Waals surface area contributed by atoms with Gasteiger partial charge in [0.2, 0.25) is 0 Å². The highest BCUT2D eigenvalue weighted by Crippen LogP contribution is 2.39. The van der Waals surface area contributed by atoms with Crippen molar-refractivity contribution in [1.29, 1.82) is 0 Å². The van der Waals surface area contributed by atoms with Crippen molar-refractivity contribution < 1.29 is 4.74 Å². The Morgan fingerprint density at radius 2 is 2.17 bits per heavy atom.